The first-order valence-corrected chi connectivity index (χ1v) is 6.97. The molecule has 2 aliphatic rings. The first-order valence-electron chi connectivity index (χ1n) is 6.97. The van der Waals surface area contributed by atoms with E-state index in [4.69, 9.17) is 0 Å². The molecule has 0 unspecified atom stereocenters. The lowest BCUT2D eigenvalue weighted by Crippen LogP contribution is -2.13. The van der Waals surface area contributed by atoms with Crippen LogP contribution in [0.5, 0.6) is 0 Å². The summed E-state index contributed by atoms with van der Waals surface area (Å²) >= 11 is 0. The second-order valence-electron chi connectivity index (χ2n) is 5.50. The van der Waals surface area contributed by atoms with Crippen molar-refractivity contribution < 1.29 is 0 Å². The summed E-state index contributed by atoms with van der Waals surface area (Å²) in [5.74, 6) is 2.24. The van der Waals surface area contributed by atoms with Gasteiger partial charge in [-0.05, 0) is 11.8 Å². The fourth-order valence-corrected chi connectivity index (χ4v) is 3.56. The second-order valence-corrected chi connectivity index (χ2v) is 5.50. The molecule has 0 amide bonds. The lowest BCUT2D eigenvalue weighted by atomic mass is 9.81. The van der Waals surface area contributed by atoms with Crippen molar-refractivity contribution in [3.8, 4) is 0 Å². The predicted octanol–water partition coefficient (Wildman–Crippen LogP) is 5.09. The number of hydrogen-bond acceptors (Lipinski definition) is 1. The van der Waals surface area contributed by atoms with Crippen LogP contribution in [0.3, 0.4) is 0 Å². The van der Waals surface area contributed by atoms with Gasteiger partial charge in [0.1, 0.15) is 0 Å². The Labute approximate surface area is 95.6 Å². The minimum absolute atomic E-state index is 0. The highest BCUT2D eigenvalue weighted by molar-refractivity contribution is 4.75. The SMILES string of the molecule is C1CCCC(C2CCCCCC2)CC1.N. The van der Waals surface area contributed by atoms with Gasteiger partial charge in [-0.3, -0.25) is 0 Å². The van der Waals surface area contributed by atoms with Gasteiger partial charge < -0.3 is 6.15 Å². The zero-order valence-electron chi connectivity index (χ0n) is 10.3. The van der Waals surface area contributed by atoms with Crippen molar-refractivity contribution >= 4 is 0 Å². The quantitative estimate of drug-likeness (QED) is 0.602. The summed E-state index contributed by atoms with van der Waals surface area (Å²) in [6, 6.07) is 0. The molecule has 2 aliphatic carbocycles. The molecule has 90 valence electrons. The van der Waals surface area contributed by atoms with Gasteiger partial charge in [-0.2, -0.15) is 0 Å². The number of rotatable bonds is 1. The predicted molar refractivity (Wildman–Crippen MR) is 67.4 cm³/mol. The van der Waals surface area contributed by atoms with Crippen molar-refractivity contribution in [3.63, 3.8) is 0 Å². The van der Waals surface area contributed by atoms with Gasteiger partial charge in [-0.15, -0.1) is 0 Å². The van der Waals surface area contributed by atoms with Gasteiger partial charge >= 0.3 is 0 Å². The fourth-order valence-electron chi connectivity index (χ4n) is 3.56. The first-order chi connectivity index (χ1) is 6.97. The van der Waals surface area contributed by atoms with E-state index in [1.807, 2.05) is 0 Å². The van der Waals surface area contributed by atoms with Crippen LogP contribution in [-0.2, 0) is 0 Å². The molecule has 1 nitrogen and oxygen atoms in total. The van der Waals surface area contributed by atoms with Crippen molar-refractivity contribution in [2.24, 2.45) is 11.8 Å². The minimum Gasteiger partial charge on any atom is -0.344 e. The molecule has 3 N–H and O–H groups in total. The first kappa shape index (κ1) is 13.0. The van der Waals surface area contributed by atoms with E-state index < -0.39 is 0 Å². The van der Waals surface area contributed by atoms with Gasteiger partial charge in [-0.1, -0.05) is 77.0 Å². The van der Waals surface area contributed by atoms with Gasteiger partial charge in [0.15, 0.2) is 0 Å². The largest absolute Gasteiger partial charge is 0.344 e. The molecule has 0 aliphatic heterocycles. The topological polar surface area (TPSA) is 35.0 Å². The molecule has 2 saturated carbocycles. The van der Waals surface area contributed by atoms with E-state index in [1.54, 1.807) is 25.7 Å². The molecule has 0 aromatic carbocycles. The van der Waals surface area contributed by atoms with Crippen LogP contribution < -0.4 is 6.15 Å². The van der Waals surface area contributed by atoms with E-state index in [0.29, 0.717) is 0 Å². The van der Waals surface area contributed by atoms with Crippen LogP contribution in [0.25, 0.3) is 0 Å². The average molecular weight is 211 g/mol. The average Bonchev–Trinajstić information content (AvgIpc) is 2.62. The van der Waals surface area contributed by atoms with Crippen LogP contribution in [0.1, 0.15) is 77.0 Å². The van der Waals surface area contributed by atoms with Crippen LogP contribution in [0.2, 0.25) is 0 Å². The molecule has 0 saturated heterocycles. The van der Waals surface area contributed by atoms with Crippen molar-refractivity contribution in [3.05, 3.63) is 0 Å². The molecule has 1 heteroatoms. The van der Waals surface area contributed by atoms with Gasteiger partial charge in [-0.25, -0.2) is 0 Å². The summed E-state index contributed by atoms with van der Waals surface area (Å²) in [5.41, 5.74) is 0. The summed E-state index contributed by atoms with van der Waals surface area (Å²) in [4.78, 5) is 0. The minimum atomic E-state index is 0. The Morgan fingerprint density at radius 2 is 0.667 bits per heavy atom. The van der Waals surface area contributed by atoms with Crippen LogP contribution in [0.15, 0.2) is 0 Å². The van der Waals surface area contributed by atoms with E-state index >= 15 is 0 Å². The molecule has 0 aromatic rings. The lowest BCUT2D eigenvalue weighted by molar-refractivity contribution is 0.269. The Balaban J connectivity index is 0.00000112. The highest BCUT2D eigenvalue weighted by Gasteiger charge is 2.23. The van der Waals surface area contributed by atoms with Gasteiger partial charge in [0.2, 0.25) is 0 Å². The molecular weight excluding hydrogens is 182 g/mol. The maximum Gasteiger partial charge on any atom is -0.0386 e. The molecule has 0 heterocycles. The Morgan fingerprint density at radius 3 is 0.933 bits per heavy atom. The van der Waals surface area contributed by atoms with Crippen molar-refractivity contribution in [1.82, 2.24) is 6.15 Å². The third kappa shape index (κ3) is 4.14. The van der Waals surface area contributed by atoms with E-state index in [9.17, 15) is 0 Å². The Hall–Kier alpha value is -0.0400. The van der Waals surface area contributed by atoms with Crippen LogP contribution in [-0.4, -0.2) is 0 Å². The third-order valence-corrected chi connectivity index (χ3v) is 4.47. The summed E-state index contributed by atoms with van der Waals surface area (Å²) < 4.78 is 0. The summed E-state index contributed by atoms with van der Waals surface area (Å²) in [6.07, 6.45) is 18.4. The molecule has 0 bridgehead atoms. The van der Waals surface area contributed by atoms with E-state index in [1.165, 1.54) is 51.4 Å². The lowest BCUT2D eigenvalue weighted by Gasteiger charge is -2.24. The van der Waals surface area contributed by atoms with Crippen molar-refractivity contribution in [2.75, 3.05) is 0 Å². The van der Waals surface area contributed by atoms with Gasteiger partial charge in [0.25, 0.3) is 0 Å². The third-order valence-electron chi connectivity index (χ3n) is 4.47. The van der Waals surface area contributed by atoms with Crippen LogP contribution >= 0.6 is 0 Å². The van der Waals surface area contributed by atoms with E-state index in [2.05, 4.69) is 0 Å². The maximum atomic E-state index is 1.56. The fraction of sp³-hybridized carbons (Fsp3) is 1.00. The van der Waals surface area contributed by atoms with Gasteiger partial charge in [0, 0.05) is 0 Å². The summed E-state index contributed by atoms with van der Waals surface area (Å²) in [7, 11) is 0. The Bertz CT molecular complexity index is 121. The van der Waals surface area contributed by atoms with Gasteiger partial charge in [0.05, 0.1) is 0 Å². The zero-order chi connectivity index (χ0) is 9.64. The molecule has 0 atom stereocenters. The number of hydrogen-bond donors (Lipinski definition) is 1. The van der Waals surface area contributed by atoms with Crippen LogP contribution in [0, 0.1) is 11.8 Å². The highest BCUT2D eigenvalue weighted by Crippen LogP contribution is 2.36. The maximum absolute atomic E-state index is 1.56. The van der Waals surface area contributed by atoms with Crippen molar-refractivity contribution in [1.29, 1.82) is 0 Å². The zero-order valence-corrected chi connectivity index (χ0v) is 10.3. The molecule has 15 heavy (non-hydrogen) atoms. The monoisotopic (exact) mass is 211 g/mol. The Kier molecular flexibility index (Phi) is 6.31. The van der Waals surface area contributed by atoms with Crippen molar-refractivity contribution in [2.45, 2.75) is 77.0 Å². The molecule has 0 radical (unpaired) electrons. The van der Waals surface area contributed by atoms with E-state index in [-0.39, 0.29) is 6.15 Å². The molecule has 0 spiro atoms. The molecular formula is C14H29N. The summed E-state index contributed by atoms with van der Waals surface area (Å²) in [5, 5.41) is 0. The second kappa shape index (κ2) is 7.27. The van der Waals surface area contributed by atoms with E-state index in [0.717, 1.165) is 11.8 Å². The standard InChI is InChI=1S/C14H26.H3N/c1-2-6-10-13(9-5-1)14-11-7-3-4-8-12-14;/h13-14H,1-12H2;1H3. The Morgan fingerprint density at radius 1 is 0.400 bits per heavy atom. The summed E-state index contributed by atoms with van der Waals surface area (Å²) in [6.45, 7) is 0. The smallest absolute Gasteiger partial charge is 0.0386 e. The van der Waals surface area contributed by atoms with Crippen LogP contribution in [0.4, 0.5) is 0 Å². The molecule has 2 fully saturated rings. The normalized spacial score (nSPS) is 26.4. The highest BCUT2D eigenvalue weighted by atomic mass is 14.3. The molecule has 0 aromatic heterocycles. The molecule has 2 rings (SSSR count).